The van der Waals surface area contributed by atoms with E-state index in [0.29, 0.717) is 11.7 Å². The predicted octanol–water partition coefficient (Wildman–Crippen LogP) is 6.34. The van der Waals surface area contributed by atoms with Crippen LogP contribution in [-0.4, -0.2) is 43.1 Å². The average Bonchev–Trinajstić information content (AvgIpc) is 3.50. The molecule has 3 N–H and O–H groups in total. The first-order valence-electron chi connectivity index (χ1n) is 14.1. The monoisotopic (exact) mass is 589 g/mol. The summed E-state index contributed by atoms with van der Waals surface area (Å²) in [4.78, 5) is 31.4. The van der Waals surface area contributed by atoms with Gasteiger partial charge < -0.3 is 25.2 Å². The van der Waals surface area contributed by atoms with Crippen LogP contribution in [0.1, 0.15) is 51.5 Å². The smallest absolute Gasteiger partial charge is 0.335 e. The zero-order valence-corrected chi connectivity index (χ0v) is 24.6. The Morgan fingerprint density at radius 1 is 0.977 bits per heavy atom. The summed E-state index contributed by atoms with van der Waals surface area (Å²) in [6, 6.07) is 28.2. The molecule has 5 aromatic rings. The lowest BCUT2D eigenvalue weighted by Crippen LogP contribution is -2.33. The van der Waals surface area contributed by atoms with Crippen LogP contribution in [0, 0.1) is 13.8 Å². The molecule has 3 heterocycles. The van der Waals surface area contributed by atoms with Gasteiger partial charge in [0.2, 0.25) is 5.91 Å². The lowest BCUT2D eigenvalue weighted by molar-refractivity contribution is -0.116. The van der Waals surface area contributed by atoms with Gasteiger partial charge in [-0.15, -0.1) is 0 Å². The van der Waals surface area contributed by atoms with Crippen molar-refractivity contribution in [3.63, 3.8) is 0 Å². The van der Waals surface area contributed by atoms with Gasteiger partial charge in [-0.3, -0.25) is 9.78 Å². The number of nitrogens with one attached hydrogen (secondary N) is 2. The van der Waals surface area contributed by atoms with Gasteiger partial charge >= 0.3 is 5.97 Å². The number of carbonyl (C=O) groups excluding carboxylic acids is 1. The van der Waals surface area contributed by atoms with E-state index in [9.17, 15) is 14.7 Å². The van der Waals surface area contributed by atoms with E-state index in [-0.39, 0.29) is 30.0 Å². The Labute approximate surface area is 255 Å². The summed E-state index contributed by atoms with van der Waals surface area (Å²) in [6.45, 7) is 4.49. The van der Waals surface area contributed by atoms with Crippen molar-refractivity contribution in [1.82, 2.24) is 19.8 Å². The molecule has 0 spiro atoms. The molecule has 1 aliphatic rings. The molecular weight excluding hydrogens is 558 g/mol. The van der Waals surface area contributed by atoms with Crippen molar-refractivity contribution in [2.45, 2.75) is 32.4 Å². The second-order valence-electron chi connectivity index (χ2n) is 10.7. The first-order valence-corrected chi connectivity index (χ1v) is 14.5. The molecule has 1 saturated heterocycles. The van der Waals surface area contributed by atoms with Crippen LogP contribution < -0.4 is 10.6 Å². The van der Waals surface area contributed by atoms with Crippen molar-refractivity contribution in [2.75, 3.05) is 11.9 Å². The second-order valence-corrected chi connectivity index (χ2v) is 11.0. The molecule has 2 atom stereocenters. The zero-order chi connectivity index (χ0) is 30.1. The number of amides is 1. The van der Waals surface area contributed by atoms with Crippen LogP contribution in [0.3, 0.4) is 0 Å². The number of aromatic nitrogens is 2. The van der Waals surface area contributed by atoms with Crippen LogP contribution in [0.25, 0.3) is 16.5 Å². The predicted molar refractivity (Wildman–Crippen MR) is 172 cm³/mol. The minimum Gasteiger partial charge on any atom is -0.478 e. The third-order valence-electron chi connectivity index (χ3n) is 8.00. The maximum atomic E-state index is 13.2. The number of hydrogen-bond acceptors (Lipinski definition) is 4. The molecule has 216 valence electrons. The van der Waals surface area contributed by atoms with Gasteiger partial charge in [0.1, 0.15) is 0 Å². The van der Waals surface area contributed by atoms with Gasteiger partial charge in [-0.25, -0.2) is 4.79 Å². The number of anilines is 1. The molecule has 0 bridgehead atoms. The van der Waals surface area contributed by atoms with Gasteiger partial charge in [0, 0.05) is 47.3 Å². The summed E-state index contributed by atoms with van der Waals surface area (Å²) in [5, 5.41) is 18.5. The maximum absolute atomic E-state index is 13.2. The summed E-state index contributed by atoms with van der Waals surface area (Å²) < 4.78 is 2.11. The maximum Gasteiger partial charge on any atom is 0.335 e. The number of aryl methyl sites for hydroxylation is 1. The second kappa shape index (κ2) is 11.7. The van der Waals surface area contributed by atoms with Crippen LogP contribution in [0.4, 0.5) is 5.69 Å². The highest BCUT2D eigenvalue weighted by molar-refractivity contribution is 7.80. The fraction of sp³-hybridized carbons (Fsp3) is 0.176. The van der Waals surface area contributed by atoms with E-state index in [2.05, 4.69) is 38.1 Å². The van der Waals surface area contributed by atoms with Crippen LogP contribution in [0.15, 0.2) is 97.2 Å². The van der Waals surface area contributed by atoms with E-state index >= 15 is 0 Å². The number of benzene rings is 3. The van der Waals surface area contributed by atoms with Crippen LogP contribution >= 0.6 is 12.2 Å². The van der Waals surface area contributed by atoms with Crippen molar-refractivity contribution in [2.24, 2.45) is 0 Å². The normalized spacial score (nSPS) is 16.3. The van der Waals surface area contributed by atoms with Crippen LogP contribution in [0.5, 0.6) is 0 Å². The Morgan fingerprint density at radius 2 is 1.72 bits per heavy atom. The minimum absolute atomic E-state index is 0.0943. The quantitative estimate of drug-likeness (QED) is 0.182. The van der Waals surface area contributed by atoms with Gasteiger partial charge in [-0.1, -0.05) is 42.5 Å². The molecule has 2 unspecified atom stereocenters. The molecule has 0 saturated carbocycles. The SMILES string of the molecule is Cc1cc(C2C(c3ccccn3)NC(=S)N2CCC(=O)Nc2cccc3ccccc23)c(C)n1-c1ccc(C(=O)O)cc1. The van der Waals surface area contributed by atoms with Crippen molar-refractivity contribution in [3.05, 3.63) is 125 Å². The molecule has 3 aromatic carbocycles. The van der Waals surface area contributed by atoms with Crippen molar-refractivity contribution in [1.29, 1.82) is 0 Å². The number of rotatable bonds is 8. The molecule has 8 nitrogen and oxygen atoms in total. The van der Waals surface area contributed by atoms with E-state index in [1.54, 1.807) is 18.3 Å². The number of thiocarbonyl (C=S) groups is 1. The number of nitrogens with zero attached hydrogens (tertiary/aromatic N) is 3. The Morgan fingerprint density at radius 3 is 2.47 bits per heavy atom. The summed E-state index contributed by atoms with van der Waals surface area (Å²) in [6.07, 6.45) is 2.01. The number of carboxylic acid groups (broad SMARTS) is 1. The number of pyridine rings is 1. The van der Waals surface area contributed by atoms with Gasteiger partial charge in [0.05, 0.1) is 23.3 Å². The van der Waals surface area contributed by atoms with Gasteiger partial charge in [-0.05, 0) is 85.5 Å². The fourth-order valence-corrected chi connectivity index (χ4v) is 6.32. The van der Waals surface area contributed by atoms with Crippen molar-refractivity contribution >= 4 is 45.7 Å². The summed E-state index contributed by atoms with van der Waals surface area (Å²) in [7, 11) is 0. The molecule has 1 aliphatic heterocycles. The number of hydrogen-bond donors (Lipinski definition) is 3. The first kappa shape index (κ1) is 28.1. The Balaban J connectivity index is 1.31. The van der Waals surface area contributed by atoms with Crippen molar-refractivity contribution in [3.8, 4) is 5.69 Å². The summed E-state index contributed by atoms with van der Waals surface area (Å²) >= 11 is 5.85. The number of carboxylic acids is 1. The molecule has 1 amide bonds. The van der Waals surface area contributed by atoms with Gasteiger partial charge in [0.15, 0.2) is 5.11 Å². The Hall–Kier alpha value is -5.02. The molecule has 2 aromatic heterocycles. The van der Waals surface area contributed by atoms with Crippen molar-refractivity contribution < 1.29 is 14.7 Å². The third kappa shape index (κ3) is 5.47. The highest BCUT2D eigenvalue weighted by Gasteiger charge is 2.41. The molecule has 0 aliphatic carbocycles. The van der Waals surface area contributed by atoms with E-state index in [4.69, 9.17) is 12.2 Å². The lowest BCUT2D eigenvalue weighted by Gasteiger charge is -2.28. The van der Waals surface area contributed by atoms with E-state index in [0.717, 1.165) is 44.8 Å². The zero-order valence-electron chi connectivity index (χ0n) is 23.8. The fourth-order valence-electron chi connectivity index (χ4n) is 5.99. The Kier molecular flexibility index (Phi) is 7.65. The highest BCUT2D eigenvalue weighted by Crippen LogP contribution is 2.41. The van der Waals surface area contributed by atoms with Gasteiger partial charge in [0.25, 0.3) is 0 Å². The minimum atomic E-state index is -0.961. The van der Waals surface area contributed by atoms with Gasteiger partial charge in [-0.2, -0.15) is 0 Å². The highest BCUT2D eigenvalue weighted by atomic mass is 32.1. The van der Waals surface area contributed by atoms with E-state index in [1.807, 2.05) is 79.7 Å². The van der Waals surface area contributed by atoms with E-state index < -0.39 is 5.97 Å². The standard InChI is InChI=1S/C34H31N5O3S/c1-21-20-27(22(2)39(21)25-15-13-24(14-16-25)33(41)42)32-31(29-11-5-6-18-35-29)37-34(43)38(32)19-17-30(40)36-28-12-7-9-23-8-3-4-10-26(23)28/h3-16,18,20,31-32H,17,19H2,1-2H3,(H,36,40)(H,37,43)(H,41,42). The summed E-state index contributed by atoms with van der Waals surface area (Å²) in [5.41, 5.74) is 5.80. The van der Waals surface area contributed by atoms with E-state index in [1.165, 1.54) is 0 Å². The topological polar surface area (TPSA) is 99.5 Å². The summed E-state index contributed by atoms with van der Waals surface area (Å²) in [5.74, 6) is -1.06. The molecule has 43 heavy (non-hydrogen) atoms. The largest absolute Gasteiger partial charge is 0.478 e. The third-order valence-corrected chi connectivity index (χ3v) is 8.36. The molecule has 9 heteroatoms. The Bertz CT molecular complexity index is 1830. The number of carbonyl (C=O) groups is 2. The average molecular weight is 590 g/mol. The van der Waals surface area contributed by atoms with Crippen LogP contribution in [0.2, 0.25) is 0 Å². The molecule has 6 rings (SSSR count). The first-order chi connectivity index (χ1) is 20.8. The molecule has 1 fully saturated rings. The lowest BCUT2D eigenvalue weighted by atomic mass is 9.96. The molecule has 0 radical (unpaired) electrons. The van der Waals surface area contributed by atoms with Crippen LogP contribution in [-0.2, 0) is 4.79 Å². The number of fused-ring (bicyclic) bond motifs is 1. The molecular formula is C34H31N5O3S. The number of aromatic carboxylic acids is 1.